The maximum absolute atomic E-state index is 4.36. The monoisotopic (exact) mass is 322 g/mol. The van der Waals surface area contributed by atoms with Crippen molar-refractivity contribution in [3.8, 4) is 21.1 Å². The van der Waals surface area contributed by atoms with Gasteiger partial charge in [0.1, 0.15) is 10.0 Å². The van der Waals surface area contributed by atoms with Gasteiger partial charge in [-0.3, -0.25) is 0 Å². The SMILES string of the molecule is CC(C)c1ccc(-c2nnc(-c3ccc(C(C)C)cc3)s2)cc1. The lowest BCUT2D eigenvalue weighted by molar-refractivity contribution is 0.867. The van der Waals surface area contributed by atoms with Crippen molar-refractivity contribution in [2.75, 3.05) is 0 Å². The summed E-state index contributed by atoms with van der Waals surface area (Å²) in [5, 5.41) is 10.7. The van der Waals surface area contributed by atoms with Crippen LogP contribution in [-0.4, -0.2) is 10.2 Å². The molecule has 0 atom stereocenters. The molecule has 3 aromatic rings. The van der Waals surface area contributed by atoms with Crippen molar-refractivity contribution >= 4 is 11.3 Å². The number of hydrogen-bond acceptors (Lipinski definition) is 3. The van der Waals surface area contributed by atoms with Gasteiger partial charge < -0.3 is 0 Å². The summed E-state index contributed by atoms with van der Waals surface area (Å²) in [5.74, 6) is 1.10. The molecular weight excluding hydrogens is 300 g/mol. The van der Waals surface area contributed by atoms with Crippen LogP contribution in [0.15, 0.2) is 48.5 Å². The Morgan fingerprint density at radius 1 is 0.609 bits per heavy atom. The molecule has 0 aliphatic heterocycles. The van der Waals surface area contributed by atoms with Gasteiger partial charge in [0.2, 0.25) is 0 Å². The molecular formula is C20H22N2S. The highest BCUT2D eigenvalue weighted by Gasteiger charge is 2.09. The molecule has 0 amide bonds. The summed E-state index contributed by atoms with van der Waals surface area (Å²) in [6.45, 7) is 8.83. The molecule has 23 heavy (non-hydrogen) atoms. The van der Waals surface area contributed by atoms with Crippen molar-refractivity contribution in [2.24, 2.45) is 0 Å². The smallest absolute Gasteiger partial charge is 0.138 e. The van der Waals surface area contributed by atoms with Gasteiger partial charge in [0, 0.05) is 11.1 Å². The molecule has 1 heterocycles. The maximum Gasteiger partial charge on any atom is 0.148 e. The van der Waals surface area contributed by atoms with Crippen molar-refractivity contribution in [2.45, 2.75) is 39.5 Å². The fraction of sp³-hybridized carbons (Fsp3) is 0.300. The molecule has 2 nitrogen and oxygen atoms in total. The Balaban J connectivity index is 1.85. The highest BCUT2D eigenvalue weighted by Crippen LogP contribution is 2.31. The first-order valence-corrected chi connectivity index (χ1v) is 8.90. The molecule has 0 spiro atoms. The summed E-state index contributed by atoms with van der Waals surface area (Å²) in [6, 6.07) is 17.3. The molecule has 3 rings (SSSR count). The van der Waals surface area contributed by atoms with Crippen LogP contribution in [0.5, 0.6) is 0 Å². The number of rotatable bonds is 4. The summed E-state index contributed by atoms with van der Waals surface area (Å²) in [5.41, 5.74) is 4.97. The second kappa shape index (κ2) is 6.63. The van der Waals surface area contributed by atoms with Crippen molar-refractivity contribution in [1.82, 2.24) is 10.2 Å². The summed E-state index contributed by atoms with van der Waals surface area (Å²) in [4.78, 5) is 0. The summed E-state index contributed by atoms with van der Waals surface area (Å²) in [6.07, 6.45) is 0. The minimum atomic E-state index is 0.550. The van der Waals surface area contributed by atoms with E-state index in [1.807, 2.05) is 0 Å². The Labute approximate surface area is 142 Å². The standard InChI is InChI=1S/C20H22N2S/c1-13(2)15-5-9-17(10-6-15)19-21-22-20(23-19)18-11-7-16(8-12-18)14(3)4/h5-14H,1-4H3. The second-order valence-corrected chi connectivity index (χ2v) is 7.44. The molecule has 0 radical (unpaired) electrons. The lowest BCUT2D eigenvalue weighted by Gasteiger charge is -2.05. The first-order valence-electron chi connectivity index (χ1n) is 8.08. The molecule has 118 valence electrons. The molecule has 0 saturated carbocycles. The normalized spacial score (nSPS) is 11.4. The van der Waals surface area contributed by atoms with Crippen molar-refractivity contribution in [1.29, 1.82) is 0 Å². The lowest BCUT2D eigenvalue weighted by atomic mass is 10.0. The van der Waals surface area contributed by atoms with E-state index in [9.17, 15) is 0 Å². The molecule has 0 bridgehead atoms. The van der Waals surface area contributed by atoms with Gasteiger partial charge in [0.05, 0.1) is 0 Å². The van der Waals surface area contributed by atoms with Gasteiger partial charge in [-0.1, -0.05) is 87.6 Å². The number of hydrogen-bond donors (Lipinski definition) is 0. The first-order chi connectivity index (χ1) is 11.0. The van der Waals surface area contributed by atoms with Crippen LogP contribution in [0.4, 0.5) is 0 Å². The van der Waals surface area contributed by atoms with Gasteiger partial charge in [0.25, 0.3) is 0 Å². The Hall–Kier alpha value is -2.00. The first kappa shape index (κ1) is 15.9. The molecule has 0 aliphatic carbocycles. The van der Waals surface area contributed by atoms with E-state index >= 15 is 0 Å². The number of benzene rings is 2. The van der Waals surface area contributed by atoms with E-state index in [2.05, 4.69) is 86.4 Å². The van der Waals surface area contributed by atoms with Crippen LogP contribution in [0.2, 0.25) is 0 Å². The Bertz CT molecular complexity index is 702. The topological polar surface area (TPSA) is 25.8 Å². The summed E-state index contributed by atoms with van der Waals surface area (Å²) >= 11 is 1.65. The third-order valence-corrected chi connectivity index (χ3v) is 5.10. The number of nitrogens with zero attached hydrogens (tertiary/aromatic N) is 2. The maximum atomic E-state index is 4.36. The largest absolute Gasteiger partial charge is 0.148 e. The van der Waals surface area contributed by atoms with Crippen LogP contribution in [0.1, 0.15) is 50.7 Å². The van der Waals surface area contributed by atoms with Gasteiger partial charge in [0.15, 0.2) is 0 Å². The molecule has 0 N–H and O–H groups in total. The van der Waals surface area contributed by atoms with Gasteiger partial charge >= 0.3 is 0 Å². The van der Waals surface area contributed by atoms with E-state index in [1.54, 1.807) is 11.3 Å². The van der Waals surface area contributed by atoms with Crippen LogP contribution >= 0.6 is 11.3 Å². The molecule has 0 fully saturated rings. The number of aromatic nitrogens is 2. The van der Waals surface area contributed by atoms with Crippen molar-refractivity contribution < 1.29 is 0 Å². The highest BCUT2D eigenvalue weighted by atomic mass is 32.1. The lowest BCUT2D eigenvalue weighted by Crippen LogP contribution is -1.86. The average molecular weight is 322 g/mol. The van der Waals surface area contributed by atoms with Crippen LogP contribution in [-0.2, 0) is 0 Å². The van der Waals surface area contributed by atoms with E-state index in [4.69, 9.17) is 0 Å². The quantitative estimate of drug-likeness (QED) is 0.578. The minimum absolute atomic E-state index is 0.550. The van der Waals surface area contributed by atoms with Gasteiger partial charge in [-0.2, -0.15) is 0 Å². The zero-order valence-electron chi connectivity index (χ0n) is 14.1. The van der Waals surface area contributed by atoms with Crippen LogP contribution in [0.25, 0.3) is 21.1 Å². The molecule has 1 aromatic heterocycles. The molecule has 0 aliphatic rings. The third kappa shape index (κ3) is 3.50. The van der Waals surface area contributed by atoms with Crippen LogP contribution < -0.4 is 0 Å². The zero-order valence-corrected chi connectivity index (χ0v) is 14.9. The zero-order chi connectivity index (χ0) is 16.4. The van der Waals surface area contributed by atoms with Crippen LogP contribution in [0, 0.1) is 0 Å². The molecule has 0 unspecified atom stereocenters. The minimum Gasteiger partial charge on any atom is -0.138 e. The van der Waals surface area contributed by atoms with E-state index in [1.165, 1.54) is 11.1 Å². The average Bonchev–Trinajstić information content (AvgIpc) is 3.05. The predicted octanol–water partition coefficient (Wildman–Crippen LogP) is 6.12. The highest BCUT2D eigenvalue weighted by molar-refractivity contribution is 7.17. The van der Waals surface area contributed by atoms with Gasteiger partial charge in [-0.25, -0.2) is 0 Å². The fourth-order valence-corrected chi connectivity index (χ4v) is 3.33. The fourth-order valence-electron chi connectivity index (χ4n) is 2.48. The van der Waals surface area contributed by atoms with Crippen molar-refractivity contribution in [3.05, 3.63) is 59.7 Å². The summed E-state index contributed by atoms with van der Waals surface area (Å²) in [7, 11) is 0. The van der Waals surface area contributed by atoms with Gasteiger partial charge in [-0.05, 0) is 23.0 Å². The van der Waals surface area contributed by atoms with Gasteiger partial charge in [-0.15, -0.1) is 10.2 Å². The van der Waals surface area contributed by atoms with Crippen LogP contribution in [0.3, 0.4) is 0 Å². The van der Waals surface area contributed by atoms with E-state index in [0.717, 1.165) is 21.1 Å². The van der Waals surface area contributed by atoms with Crippen molar-refractivity contribution in [3.63, 3.8) is 0 Å². The van der Waals surface area contributed by atoms with E-state index < -0.39 is 0 Å². The predicted molar refractivity (Wildman–Crippen MR) is 99.0 cm³/mol. The Morgan fingerprint density at radius 3 is 1.26 bits per heavy atom. The third-order valence-electron chi connectivity index (χ3n) is 4.07. The summed E-state index contributed by atoms with van der Waals surface area (Å²) < 4.78 is 0. The second-order valence-electron chi connectivity index (χ2n) is 6.47. The Morgan fingerprint density at radius 2 is 0.957 bits per heavy atom. The van der Waals surface area contributed by atoms with E-state index in [0.29, 0.717) is 11.8 Å². The molecule has 0 saturated heterocycles. The molecule has 3 heteroatoms. The van der Waals surface area contributed by atoms with E-state index in [-0.39, 0.29) is 0 Å². The Kier molecular flexibility index (Phi) is 4.58. The molecule has 2 aromatic carbocycles.